The lowest BCUT2D eigenvalue weighted by atomic mass is 9.84. The summed E-state index contributed by atoms with van der Waals surface area (Å²) in [4.78, 5) is 2.64. The summed E-state index contributed by atoms with van der Waals surface area (Å²) in [6, 6.07) is 7.53. The second-order valence-electron chi connectivity index (χ2n) is 6.25. The molecule has 1 aromatic carbocycles. The first kappa shape index (κ1) is 13.0. The first-order valence-corrected chi connectivity index (χ1v) is 7.83. The van der Waals surface area contributed by atoms with E-state index in [4.69, 9.17) is 0 Å². The van der Waals surface area contributed by atoms with Crippen LogP contribution in [0.2, 0.25) is 0 Å². The summed E-state index contributed by atoms with van der Waals surface area (Å²) in [6.45, 7) is 4.77. The number of hydrogen-bond donors (Lipinski definition) is 1. The number of nitrogens with zero attached hydrogens (tertiary/aromatic N) is 1. The van der Waals surface area contributed by atoms with E-state index in [0.29, 0.717) is 6.04 Å². The molecule has 1 aromatic rings. The molecule has 0 saturated heterocycles. The van der Waals surface area contributed by atoms with Crippen molar-refractivity contribution in [2.75, 3.05) is 25.0 Å². The Bertz CT molecular complexity index is 437. The van der Waals surface area contributed by atoms with Crippen LogP contribution in [-0.4, -0.2) is 20.1 Å². The van der Waals surface area contributed by atoms with E-state index in [9.17, 15) is 0 Å². The highest BCUT2D eigenvalue weighted by atomic mass is 15.1. The minimum Gasteiger partial charge on any atom is -0.371 e. The molecule has 0 amide bonds. The lowest BCUT2D eigenvalue weighted by Gasteiger charge is -2.37. The van der Waals surface area contributed by atoms with Crippen LogP contribution in [0.25, 0.3) is 0 Å². The van der Waals surface area contributed by atoms with Gasteiger partial charge in [0.15, 0.2) is 0 Å². The van der Waals surface area contributed by atoms with Crippen LogP contribution in [0.15, 0.2) is 18.2 Å². The van der Waals surface area contributed by atoms with Crippen LogP contribution >= 0.6 is 0 Å². The highest BCUT2D eigenvalue weighted by Gasteiger charge is 2.24. The molecule has 2 nitrogen and oxygen atoms in total. The van der Waals surface area contributed by atoms with Crippen molar-refractivity contribution >= 4 is 5.69 Å². The van der Waals surface area contributed by atoms with Gasteiger partial charge in [0, 0.05) is 24.8 Å². The Hall–Kier alpha value is -1.02. The summed E-state index contributed by atoms with van der Waals surface area (Å²) >= 11 is 0. The molecule has 1 saturated carbocycles. The molecule has 19 heavy (non-hydrogen) atoms. The molecule has 1 unspecified atom stereocenters. The molecule has 1 aliphatic carbocycles. The Labute approximate surface area is 117 Å². The van der Waals surface area contributed by atoms with Gasteiger partial charge in [0.05, 0.1) is 0 Å². The SMILES string of the molecule is CNC(C)c1ccc2c(c1)CCCN2CC1CCC1. The molecule has 1 fully saturated rings. The largest absolute Gasteiger partial charge is 0.371 e. The molecule has 0 spiro atoms. The summed E-state index contributed by atoms with van der Waals surface area (Å²) in [5.74, 6) is 0.960. The van der Waals surface area contributed by atoms with Crippen LogP contribution in [-0.2, 0) is 6.42 Å². The molecular weight excluding hydrogens is 232 g/mol. The topological polar surface area (TPSA) is 15.3 Å². The maximum absolute atomic E-state index is 3.34. The number of fused-ring (bicyclic) bond motifs is 1. The fourth-order valence-corrected chi connectivity index (χ4v) is 3.31. The second kappa shape index (κ2) is 5.54. The first-order chi connectivity index (χ1) is 9.28. The van der Waals surface area contributed by atoms with Gasteiger partial charge in [0.25, 0.3) is 0 Å². The molecule has 104 valence electrons. The van der Waals surface area contributed by atoms with Gasteiger partial charge >= 0.3 is 0 Å². The number of benzene rings is 1. The zero-order valence-corrected chi connectivity index (χ0v) is 12.3. The Morgan fingerprint density at radius 1 is 1.32 bits per heavy atom. The van der Waals surface area contributed by atoms with E-state index >= 15 is 0 Å². The highest BCUT2D eigenvalue weighted by Crippen LogP contribution is 2.34. The quantitative estimate of drug-likeness (QED) is 0.889. The third-order valence-electron chi connectivity index (χ3n) is 4.95. The predicted molar refractivity (Wildman–Crippen MR) is 81.8 cm³/mol. The predicted octanol–water partition coefficient (Wildman–Crippen LogP) is 3.52. The molecule has 0 aromatic heterocycles. The van der Waals surface area contributed by atoms with Crippen molar-refractivity contribution in [3.63, 3.8) is 0 Å². The van der Waals surface area contributed by atoms with Gasteiger partial charge in [-0.3, -0.25) is 0 Å². The summed E-state index contributed by atoms with van der Waals surface area (Å²) in [6.07, 6.45) is 6.91. The number of aryl methyl sites for hydroxylation is 1. The first-order valence-electron chi connectivity index (χ1n) is 7.83. The average molecular weight is 258 g/mol. The lowest BCUT2D eigenvalue weighted by molar-refractivity contribution is 0.316. The third kappa shape index (κ3) is 2.64. The van der Waals surface area contributed by atoms with Crippen molar-refractivity contribution in [2.24, 2.45) is 5.92 Å². The molecule has 1 aliphatic heterocycles. The molecule has 0 bridgehead atoms. The van der Waals surface area contributed by atoms with Crippen molar-refractivity contribution in [2.45, 2.75) is 45.1 Å². The number of nitrogens with one attached hydrogen (secondary N) is 1. The number of hydrogen-bond acceptors (Lipinski definition) is 2. The van der Waals surface area contributed by atoms with Crippen LogP contribution in [0, 0.1) is 5.92 Å². The van der Waals surface area contributed by atoms with E-state index in [-0.39, 0.29) is 0 Å². The van der Waals surface area contributed by atoms with E-state index in [0.717, 1.165) is 5.92 Å². The molecule has 1 N–H and O–H groups in total. The maximum atomic E-state index is 3.34. The molecule has 2 aliphatic rings. The molecule has 3 rings (SSSR count). The van der Waals surface area contributed by atoms with Crippen LogP contribution < -0.4 is 10.2 Å². The standard InChI is InChI=1S/C17H26N2/c1-13(18-2)15-8-9-17-16(11-15)7-4-10-19(17)12-14-5-3-6-14/h8-9,11,13-14,18H,3-7,10,12H2,1-2H3. The van der Waals surface area contributed by atoms with Crippen LogP contribution in [0.1, 0.15) is 49.8 Å². The van der Waals surface area contributed by atoms with E-state index in [1.807, 2.05) is 7.05 Å². The fourth-order valence-electron chi connectivity index (χ4n) is 3.31. The van der Waals surface area contributed by atoms with E-state index in [1.54, 1.807) is 5.56 Å². The molecule has 0 radical (unpaired) electrons. The van der Waals surface area contributed by atoms with Crippen LogP contribution in [0.4, 0.5) is 5.69 Å². The van der Waals surface area contributed by atoms with E-state index in [1.165, 1.54) is 56.4 Å². The van der Waals surface area contributed by atoms with Gasteiger partial charge in [-0.25, -0.2) is 0 Å². The van der Waals surface area contributed by atoms with Gasteiger partial charge in [-0.05, 0) is 62.8 Å². The Kier molecular flexibility index (Phi) is 3.79. The van der Waals surface area contributed by atoms with Gasteiger partial charge in [0.2, 0.25) is 0 Å². The summed E-state index contributed by atoms with van der Waals surface area (Å²) < 4.78 is 0. The Morgan fingerprint density at radius 2 is 2.16 bits per heavy atom. The normalized spacial score (nSPS) is 20.8. The van der Waals surface area contributed by atoms with Gasteiger partial charge in [0.1, 0.15) is 0 Å². The lowest BCUT2D eigenvalue weighted by Crippen LogP contribution is -2.36. The molecule has 1 atom stereocenters. The van der Waals surface area contributed by atoms with Gasteiger partial charge in [-0.15, -0.1) is 0 Å². The smallest absolute Gasteiger partial charge is 0.0399 e. The monoisotopic (exact) mass is 258 g/mol. The van der Waals surface area contributed by atoms with Gasteiger partial charge in [-0.2, -0.15) is 0 Å². The maximum Gasteiger partial charge on any atom is 0.0399 e. The van der Waals surface area contributed by atoms with Gasteiger partial charge < -0.3 is 10.2 Å². The number of rotatable bonds is 4. The van der Waals surface area contributed by atoms with E-state index < -0.39 is 0 Å². The summed E-state index contributed by atoms with van der Waals surface area (Å²) in [7, 11) is 2.03. The Morgan fingerprint density at radius 3 is 2.84 bits per heavy atom. The van der Waals surface area contributed by atoms with Crippen molar-refractivity contribution in [3.05, 3.63) is 29.3 Å². The van der Waals surface area contributed by atoms with Gasteiger partial charge in [-0.1, -0.05) is 18.6 Å². The van der Waals surface area contributed by atoms with E-state index in [2.05, 4.69) is 35.3 Å². The Balaban J connectivity index is 1.79. The van der Waals surface area contributed by atoms with Crippen molar-refractivity contribution in [1.82, 2.24) is 5.32 Å². The number of anilines is 1. The van der Waals surface area contributed by atoms with Crippen LogP contribution in [0.5, 0.6) is 0 Å². The fraction of sp³-hybridized carbons (Fsp3) is 0.647. The van der Waals surface area contributed by atoms with Crippen LogP contribution in [0.3, 0.4) is 0 Å². The zero-order valence-electron chi connectivity index (χ0n) is 12.3. The minimum atomic E-state index is 0.451. The third-order valence-corrected chi connectivity index (χ3v) is 4.95. The second-order valence-corrected chi connectivity index (χ2v) is 6.25. The molecular formula is C17H26N2. The van der Waals surface area contributed by atoms with Crippen molar-refractivity contribution in [3.8, 4) is 0 Å². The zero-order chi connectivity index (χ0) is 13.2. The summed E-state index contributed by atoms with van der Waals surface area (Å²) in [5.41, 5.74) is 4.49. The molecule has 2 heteroatoms. The van der Waals surface area contributed by atoms with Crippen molar-refractivity contribution in [1.29, 1.82) is 0 Å². The average Bonchev–Trinajstić information content (AvgIpc) is 2.41. The highest BCUT2D eigenvalue weighted by molar-refractivity contribution is 5.57. The minimum absolute atomic E-state index is 0.451. The molecule has 1 heterocycles. The van der Waals surface area contributed by atoms with Crippen molar-refractivity contribution < 1.29 is 0 Å². The summed E-state index contributed by atoms with van der Waals surface area (Å²) in [5, 5.41) is 3.34.